The molecule has 2 aromatic heterocycles. The van der Waals surface area contributed by atoms with E-state index in [2.05, 4.69) is 240 Å². The Morgan fingerprint density at radius 3 is 1.63 bits per heavy atom. The van der Waals surface area contributed by atoms with Crippen LogP contribution >= 0.6 is 0 Å². The summed E-state index contributed by atoms with van der Waals surface area (Å²) in [4.78, 5) is 2.35. The number of rotatable bonds is 6. The van der Waals surface area contributed by atoms with Crippen molar-refractivity contribution in [2.75, 3.05) is 4.90 Å². The predicted molar refractivity (Wildman–Crippen MR) is 266 cm³/mol. The molecule has 2 heterocycles. The van der Waals surface area contributed by atoms with Gasteiger partial charge in [0.15, 0.2) is 5.58 Å². The predicted octanol–water partition coefficient (Wildman–Crippen LogP) is 16.9. The Hall–Kier alpha value is -8.40. The number of benzene rings is 11. The summed E-state index contributed by atoms with van der Waals surface area (Å²) in [6.07, 6.45) is 0. The van der Waals surface area contributed by atoms with E-state index in [0.29, 0.717) is 0 Å². The van der Waals surface area contributed by atoms with Crippen LogP contribution in [0.15, 0.2) is 235 Å². The normalized spacial score (nSPS) is 11.8. The van der Waals surface area contributed by atoms with Crippen LogP contribution in [0.5, 0.6) is 0 Å². The third kappa shape index (κ3) is 5.67. The first-order valence-corrected chi connectivity index (χ1v) is 21.6. The molecule has 0 radical (unpaired) electrons. The summed E-state index contributed by atoms with van der Waals surface area (Å²) < 4.78 is 9.36. The summed E-state index contributed by atoms with van der Waals surface area (Å²) in [5, 5.41) is 12.0. The van der Waals surface area contributed by atoms with Crippen LogP contribution in [-0.4, -0.2) is 4.57 Å². The highest BCUT2D eigenvalue weighted by molar-refractivity contribution is 6.18. The summed E-state index contributed by atoms with van der Waals surface area (Å²) in [5.41, 5.74) is 13.0. The largest absolute Gasteiger partial charge is 0.453 e. The zero-order chi connectivity index (χ0) is 41.4. The van der Waals surface area contributed by atoms with E-state index < -0.39 is 0 Å². The lowest BCUT2D eigenvalue weighted by molar-refractivity contribution is 0.673. The van der Waals surface area contributed by atoms with Crippen molar-refractivity contribution < 1.29 is 4.42 Å². The smallest absolute Gasteiger partial charge is 0.159 e. The van der Waals surface area contributed by atoms with Crippen molar-refractivity contribution in [1.82, 2.24) is 4.57 Å². The molecule has 0 unspecified atom stereocenters. The highest BCUT2D eigenvalue weighted by Crippen LogP contribution is 2.45. The van der Waals surface area contributed by atoms with Crippen LogP contribution in [0, 0.1) is 0 Å². The zero-order valence-electron chi connectivity index (χ0n) is 34.2. The number of fused-ring (bicyclic) bond motifs is 11. The Morgan fingerprint density at radius 2 is 0.841 bits per heavy atom. The van der Waals surface area contributed by atoms with E-state index in [1.54, 1.807) is 0 Å². The summed E-state index contributed by atoms with van der Waals surface area (Å²) in [5.74, 6) is 0. The lowest BCUT2D eigenvalue weighted by Crippen LogP contribution is -2.10. The maximum atomic E-state index is 6.98. The summed E-state index contributed by atoms with van der Waals surface area (Å²) >= 11 is 0. The molecule has 0 aliphatic carbocycles. The van der Waals surface area contributed by atoms with Crippen LogP contribution in [0.2, 0.25) is 0 Å². The quantitative estimate of drug-likeness (QED) is 0.156. The van der Waals surface area contributed by atoms with Gasteiger partial charge < -0.3 is 13.9 Å². The van der Waals surface area contributed by atoms with Gasteiger partial charge in [-0.15, -0.1) is 0 Å². The molecule has 0 saturated heterocycles. The maximum absolute atomic E-state index is 6.98. The van der Waals surface area contributed by atoms with Crippen LogP contribution in [0.1, 0.15) is 0 Å². The van der Waals surface area contributed by atoms with Crippen molar-refractivity contribution in [3.05, 3.63) is 231 Å². The van der Waals surface area contributed by atoms with Crippen molar-refractivity contribution >= 4 is 93.1 Å². The van der Waals surface area contributed by atoms with Gasteiger partial charge in [0.1, 0.15) is 5.58 Å². The Balaban J connectivity index is 0.955. The highest BCUT2D eigenvalue weighted by atomic mass is 16.3. The fourth-order valence-corrected chi connectivity index (χ4v) is 9.96. The molecule has 0 N–H and O–H groups in total. The van der Waals surface area contributed by atoms with Gasteiger partial charge in [0.05, 0.1) is 16.7 Å². The van der Waals surface area contributed by atoms with Crippen molar-refractivity contribution in [3.8, 4) is 27.9 Å². The molecule has 3 heteroatoms. The van der Waals surface area contributed by atoms with Gasteiger partial charge in [-0.3, -0.25) is 0 Å². The van der Waals surface area contributed by atoms with E-state index in [9.17, 15) is 0 Å². The molecule has 63 heavy (non-hydrogen) atoms. The second-order valence-corrected chi connectivity index (χ2v) is 16.5. The van der Waals surface area contributed by atoms with E-state index in [1.165, 1.54) is 48.9 Å². The van der Waals surface area contributed by atoms with Gasteiger partial charge in [-0.2, -0.15) is 0 Å². The van der Waals surface area contributed by atoms with Gasteiger partial charge >= 0.3 is 0 Å². The second kappa shape index (κ2) is 14.1. The molecule has 0 saturated carbocycles. The summed E-state index contributed by atoms with van der Waals surface area (Å²) in [6, 6.07) is 83.4. The van der Waals surface area contributed by atoms with Crippen molar-refractivity contribution in [2.24, 2.45) is 0 Å². The number of para-hydroxylation sites is 3. The van der Waals surface area contributed by atoms with E-state index in [0.717, 1.165) is 72.2 Å². The van der Waals surface area contributed by atoms with E-state index in [4.69, 9.17) is 4.42 Å². The number of furan rings is 1. The lowest BCUT2D eigenvalue weighted by atomic mass is 9.97. The number of nitrogens with zero attached hydrogens (tertiary/aromatic N) is 2. The van der Waals surface area contributed by atoms with E-state index >= 15 is 0 Å². The Kier molecular flexibility index (Phi) is 7.91. The van der Waals surface area contributed by atoms with Gasteiger partial charge in [-0.25, -0.2) is 0 Å². The fourth-order valence-electron chi connectivity index (χ4n) is 9.96. The molecule has 13 rings (SSSR count). The molecule has 0 aliphatic heterocycles. The Bertz CT molecular complexity index is 3870. The van der Waals surface area contributed by atoms with Gasteiger partial charge in [-0.05, 0) is 116 Å². The van der Waals surface area contributed by atoms with Crippen LogP contribution in [-0.2, 0) is 0 Å². The van der Waals surface area contributed by atoms with Crippen LogP contribution in [0.3, 0.4) is 0 Å². The van der Waals surface area contributed by atoms with Crippen LogP contribution in [0.4, 0.5) is 17.1 Å². The topological polar surface area (TPSA) is 21.3 Å². The zero-order valence-corrected chi connectivity index (χ0v) is 34.2. The molecular formula is C60H38N2O. The minimum atomic E-state index is 0.856. The van der Waals surface area contributed by atoms with Crippen molar-refractivity contribution in [3.63, 3.8) is 0 Å². The van der Waals surface area contributed by atoms with Gasteiger partial charge in [0.25, 0.3) is 0 Å². The van der Waals surface area contributed by atoms with Gasteiger partial charge in [0, 0.05) is 44.0 Å². The first-order chi connectivity index (χ1) is 31.2. The number of anilines is 3. The molecule has 11 aromatic carbocycles. The number of aromatic nitrogens is 1. The first kappa shape index (κ1) is 35.4. The van der Waals surface area contributed by atoms with E-state index in [-0.39, 0.29) is 0 Å². The monoisotopic (exact) mass is 802 g/mol. The average molecular weight is 803 g/mol. The van der Waals surface area contributed by atoms with E-state index in [1.807, 2.05) is 0 Å². The minimum absolute atomic E-state index is 0.856. The standard InChI is InChI=1S/C60H38N2O/c1-3-18-49-40(12-1)26-27-45-36-44(31-34-50(45)49)43-15-10-16-47(38-43)61(58-25-11-22-54-55-35-30-41-13-2-4-19-51(41)59(55)63-60(54)58)46-32-28-39(29-33-46)42-14-9-17-48(37-42)62-56-23-7-5-20-52(56)53-21-6-8-24-57(53)62/h1-38H. The molecule has 0 atom stereocenters. The third-order valence-electron chi connectivity index (χ3n) is 12.9. The minimum Gasteiger partial charge on any atom is -0.453 e. The first-order valence-electron chi connectivity index (χ1n) is 21.6. The second-order valence-electron chi connectivity index (χ2n) is 16.5. The summed E-state index contributed by atoms with van der Waals surface area (Å²) in [6.45, 7) is 0. The Morgan fingerprint density at radius 1 is 0.302 bits per heavy atom. The molecular weight excluding hydrogens is 765 g/mol. The van der Waals surface area contributed by atoms with Crippen molar-refractivity contribution in [1.29, 1.82) is 0 Å². The molecule has 0 spiro atoms. The molecule has 0 bridgehead atoms. The number of hydrogen-bond acceptors (Lipinski definition) is 2. The fraction of sp³-hybridized carbons (Fsp3) is 0. The number of hydrogen-bond donors (Lipinski definition) is 0. The van der Waals surface area contributed by atoms with Crippen LogP contribution < -0.4 is 4.90 Å². The molecule has 294 valence electrons. The Labute approximate surface area is 363 Å². The summed E-state index contributed by atoms with van der Waals surface area (Å²) in [7, 11) is 0. The molecule has 13 aromatic rings. The van der Waals surface area contributed by atoms with Crippen LogP contribution in [0.25, 0.3) is 104 Å². The van der Waals surface area contributed by atoms with Gasteiger partial charge in [0.2, 0.25) is 0 Å². The highest BCUT2D eigenvalue weighted by Gasteiger charge is 2.21. The van der Waals surface area contributed by atoms with Crippen molar-refractivity contribution in [2.45, 2.75) is 0 Å². The SMILES string of the molecule is c1cc(-c2ccc3c(ccc4ccccc43)c2)cc(N(c2ccc(-c3cccc(-n4c5ccccc5c5ccccc54)c3)cc2)c2cccc3c2oc2c4ccccc4ccc32)c1. The molecule has 0 aliphatic rings. The molecule has 0 amide bonds. The van der Waals surface area contributed by atoms with Gasteiger partial charge in [-0.1, -0.05) is 164 Å². The third-order valence-corrected chi connectivity index (χ3v) is 12.9. The molecule has 0 fully saturated rings. The maximum Gasteiger partial charge on any atom is 0.159 e. The average Bonchev–Trinajstić information content (AvgIpc) is 3.91. The lowest BCUT2D eigenvalue weighted by Gasteiger charge is -2.26. The molecule has 3 nitrogen and oxygen atoms in total.